The minimum Gasteiger partial charge on any atom is -0.497 e. The molecule has 43 heavy (non-hydrogen) atoms. The molecule has 4 fully saturated rings. The molecule has 6 aliphatic carbocycles. The summed E-state index contributed by atoms with van der Waals surface area (Å²) in [6, 6.07) is 7.50. The van der Waals surface area contributed by atoms with Gasteiger partial charge in [-0.1, -0.05) is 32.1 Å². The lowest BCUT2D eigenvalue weighted by Gasteiger charge is -2.71. The van der Waals surface area contributed by atoms with Gasteiger partial charge in [-0.25, -0.2) is 0 Å². The van der Waals surface area contributed by atoms with Crippen LogP contribution in [0.5, 0.6) is 5.75 Å². The van der Waals surface area contributed by atoms with Gasteiger partial charge in [0.2, 0.25) is 0 Å². The minimum atomic E-state index is -0.825. The summed E-state index contributed by atoms with van der Waals surface area (Å²) in [6.07, 6.45) is 12.7. The van der Waals surface area contributed by atoms with E-state index in [4.69, 9.17) is 4.74 Å². The molecule has 0 aromatic heterocycles. The van der Waals surface area contributed by atoms with Crippen molar-refractivity contribution in [2.24, 2.45) is 33.5 Å². The fraction of sp³-hybridized carbons (Fsp3) is 0.694. The molecule has 1 aliphatic heterocycles. The largest absolute Gasteiger partial charge is 0.497 e. The molecule has 2 bridgehead atoms. The van der Waals surface area contributed by atoms with Crippen molar-refractivity contribution in [1.29, 1.82) is 0 Å². The zero-order valence-corrected chi connectivity index (χ0v) is 26.2. The number of methoxy groups -OCH3 is 1. The number of benzene rings is 1. The molecule has 7 aliphatic rings. The fourth-order valence-electron chi connectivity index (χ4n) is 11.2. The molecule has 234 valence electrons. The molecule has 2 spiro atoms. The van der Waals surface area contributed by atoms with E-state index in [0.717, 1.165) is 76.0 Å². The van der Waals surface area contributed by atoms with E-state index in [1.807, 2.05) is 24.3 Å². The van der Waals surface area contributed by atoms with Crippen LogP contribution in [0.1, 0.15) is 69.2 Å². The number of Topliss-reactive ketones (excluding diaryl/α,β-unsaturated/α-hetero) is 1. The van der Waals surface area contributed by atoms with Gasteiger partial charge in [-0.2, -0.15) is 0 Å². The second kappa shape index (κ2) is 10.2. The molecule has 1 aromatic rings. The van der Waals surface area contributed by atoms with Gasteiger partial charge in [-0.3, -0.25) is 14.6 Å². The number of rotatable bonds is 7. The van der Waals surface area contributed by atoms with Crippen LogP contribution < -0.4 is 4.74 Å². The first-order valence-electron chi connectivity index (χ1n) is 16.6. The SMILES string of the molecule is COc1ccc(C(=O)C2=C[C@@]34C=C[C@@]25[C@@H]2CC[C@@](O)(CN6CCN(CCO)CC6)[C@@]2(C)CC[C@@H]5[C@@]3(C)CCC(O)C4)cc1. The van der Waals surface area contributed by atoms with Crippen LogP contribution in [-0.2, 0) is 0 Å². The van der Waals surface area contributed by atoms with Crippen molar-refractivity contribution in [1.82, 2.24) is 9.80 Å². The number of allylic oxidation sites excluding steroid dienone is 4. The highest BCUT2D eigenvalue weighted by Crippen LogP contribution is 2.78. The Kier molecular flexibility index (Phi) is 7.07. The minimum absolute atomic E-state index is 0.0320. The predicted octanol–water partition coefficient (Wildman–Crippen LogP) is 4.08. The van der Waals surface area contributed by atoms with Crippen molar-refractivity contribution in [3.63, 3.8) is 0 Å². The van der Waals surface area contributed by atoms with E-state index in [1.54, 1.807) is 7.11 Å². The molecular weight excluding hydrogens is 540 g/mol. The van der Waals surface area contributed by atoms with E-state index < -0.39 is 11.0 Å². The van der Waals surface area contributed by atoms with Gasteiger partial charge >= 0.3 is 0 Å². The monoisotopic (exact) mass is 590 g/mol. The molecular formula is C36H50N2O5. The zero-order chi connectivity index (χ0) is 30.3. The van der Waals surface area contributed by atoms with Crippen LogP contribution >= 0.6 is 0 Å². The first kappa shape index (κ1) is 29.7. The molecule has 0 radical (unpaired) electrons. The first-order valence-corrected chi connectivity index (χ1v) is 16.6. The van der Waals surface area contributed by atoms with Crippen molar-refractivity contribution in [3.05, 3.63) is 53.6 Å². The molecule has 7 heteroatoms. The Morgan fingerprint density at radius 1 is 0.930 bits per heavy atom. The fourth-order valence-corrected chi connectivity index (χ4v) is 11.2. The Bertz CT molecular complexity index is 1320. The molecule has 3 N–H and O–H groups in total. The van der Waals surface area contributed by atoms with Gasteiger partial charge in [0.05, 0.1) is 25.4 Å². The van der Waals surface area contributed by atoms with Gasteiger partial charge < -0.3 is 20.1 Å². The van der Waals surface area contributed by atoms with Crippen molar-refractivity contribution >= 4 is 5.78 Å². The van der Waals surface area contributed by atoms with Gasteiger partial charge in [0.15, 0.2) is 5.78 Å². The second-order valence-corrected chi connectivity index (χ2v) is 15.2. The topological polar surface area (TPSA) is 93.5 Å². The number of hydrogen-bond acceptors (Lipinski definition) is 7. The average molecular weight is 591 g/mol. The van der Waals surface area contributed by atoms with Gasteiger partial charge in [-0.05, 0) is 86.5 Å². The highest BCUT2D eigenvalue weighted by Gasteiger charge is 2.74. The van der Waals surface area contributed by atoms with E-state index in [-0.39, 0.29) is 40.7 Å². The summed E-state index contributed by atoms with van der Waals surface area (Å²) in [4.78, 5) is 19.4. The van der Waals surface area contributed by atoms with Crippen LogP contribution in [0.15, 0.2) is 48.1 Å². The standard InChI is InChI=1S/C36H50N2O5/c1-32-11-8-26(40)22-34(32)14-15-36(28(23-34)31(41)25-4-6-27(43-3)7-5-25)29(32)9-12-33(2)30(36)10-13-35(33,42)24-38-18-16-37(17-19-38)20-21-39/h4-7,14-15,23,26,29-30,39-40,42H,8-13,16-22,24H2,1-3H3/t26?,29-,30-,32-,33+,34+,35-,36-/m1/s1. The number of aliphatic hydroxyl groups is 3. The smallest absolute Gasteiger partial charge is 0.189 e. The lowest BCUT2D eigenvalue weighted by atomic mass is 9.32. The van der Waals surface area contributed by atoms with Gasteiger partial charge in [-0.15, -0.1) is 0 Å². The number of carbonyl (C=O) groups is 1. The molecule has 7 nitrogen and oxygen atoms in total. The summed E-state index contributed by atoms with van der Waals surface area (Å²) in [5.41, 5.74) is -0.369. The third-order valence-electron chi connectivity index (χ3n) is 13.7. The van der Waals surface area contributed by atoms with Gasteiger partial charge in [0.1, 0.15) is 5.75 Å². The number of nitrogens with zero attached hydrogens (tertiary/aromatic N) is 2. The summed E-state index contributed by atoms with van der Waals surface area (Å²) in [7, 11) is 1.64. The lowest BCUT2D eigenvalue weighted by Crippen LogP contribution is -2.67. The number of β-amino-alcohol motifs (C(OH)–C–C–N with tert-alkyl or cyclic N) is 2. The van der Waals surface area contributed by atoms with Crippen LogP contribution in [0.2, 0.25) is 0 Å². The molecule has 8 atom stereocenters. The maximum absolute atomic E-state index is 14.7. The zero-order valence-electron chi connectivity index (χ0n) is 26.2. The Morgan fingerprint density at radius 2 is 1.58 bits per heavy atom. The summed E-state index contributed by atoms with van der Waals surface area (Å²) in [5.74, 6) is 1.27. The lowest BCUT2D eigenvalue weighted by molar-refractivity contribution is -0.177. The summed E-state index contributed by atoms with van der Waals surface area (Å²) in [5, 5.41) is 32.9. The number of hydrogen-bond donors (Lipinski definition) is 3. The summed E-state index contributed by atoms with van der Waals surface area (Å²) in [6.45, 7) is 9.96. The molecule has 1 unspecified atom stereocenters. The number of carbonyl (C=O) groups excluding carboxylic acids is 1. The highest BCUT2D eigenvalue weighted by atomic mass is 16.5. The Labute approximate surface area is 256 Å². The number of fused-ring (bicyclic) bond motifs is 1. The summed E-state index contributed by atoms with van der Waals surface area (Å²) >= 11 is 0. The van der Waals surface area contributed by atoms with Crippen LogP contribution in [0.4, 0.5) is 0 Å². The quantitative estimate of drug-likeness (QED) is 0.326. The van der Waals surface area contributed by atoms with E-state index in [1.165, 1.54) is 0 Å². The maximum atomic E-state index is 14.7. The third kappa shape index (κ3) is 4.07. The highest BCUT2D eigenvalue weighted by molar-refractivity contribution is 6.10. The van der Waals surface area contributed by atoms with Crippen LogP contribution in [-0.4, -0.2) is 95.6 Å². The Hall–Kier alpha value is -2.03. The van der Waals surface area contributed by atoms with Gasteiger partial charge in [0.25, 0.3) is 0 Å². The van der Waals surface area contributed by atoms with E-state index in [2.05, 4.69) is 41.9 Å². The van der Waals surface area contributed by atoms with E-state index in [9.17, 15) is 20.1 Å². The average Bonchev–Trinajstić information content (AvgIpc) is 3.28. The van der Waals surface area contributed by atoms with Crippen molar-refractivity contribution in [2.45, 2.75) is 70.5 Å². The van der Waals surface area contributed by atoms with Crippen molar-refractivity contribution in [3.8, 4) is 5.75 Å². The van der Waals surface area contributed by atoms with E-state index in [0.29, 0.717) is 31.0 Å². The Balaban J connectivity index is 1.28. The first-order chi connectivity index (χ1) is 20.5. The van der Waals surface area contributed by atoms with Crippen molar-refractivity contribution in [2.75, 3.05) is 53.0 Å². The molecule has 3 saturated carbocycles. The third-order valence-corrected chi connectivity index (χ3v) is 13.7. The maximum Gasteiger partial charge on any atom is 0.189 e. The number of ketones is 1. The predicted molar refractivity (Wildman–Crippen MR) is 166 cm³/mol. The van der Waals surface area contributed by atoms with Crippen molar-refractivity contribution < 1.29 is 24.9 Å². The molecule has 1 aromatic carbocycles. The normalized spacial score (nSPS) is 44.0. The van der Waals surface area contributed by atoms with E-state index >= 15 is 0 Å². The Morgan fingerprint density at radius 3 is 2.28 bits per heavy atom. The molecule has 1 heterocycles. The number of piperazine rings is 1. The van der Waals surface area contributed by atoms with Crippen LogP contribution in [0.25, 0.3) is 0 Å². The van der Waals surface area contributed by atoms with Crippen LogP contribution in [0.3, 0.4) is 0 Å². The number of aliphatic hydroxyl groups excluding tert-OH is 2. The van der Waals surface area contributed by atoms with Crippen LogP contribution in [0, 0.1) is 33.5 Å². The molecule has 0 amide bonds. The summed E-state index contributed by atoms with van der Waals surface area (Å²) < 4.78 is 5.39. The number of ether oxygens (including phenoxy) is 1. The molecule has 1 saturated heterocycles. The second-order valence-electron chi connectivity index (χ2n) is 15.2. The molecule has 8 rings (SSSR count). The van der Waals surface area contributed by atoms with Gasteiger partial charge in [0, 0.05) is 66.7 Å².